The van der Waals surface area contributed by atoms with Gasteiger partial charge in [-0.25, -0.2) is 4.57 Å². The molecule has 1 aromatic carbocycles. The van der Waals surface area contributed by atoms with Crippen LogP contribution in [0.2, 0.25) is 0 Å². The molecule has 0 heterocycles. The van der Waals surface area contributed by atoms with Gasteiger partial charge >= 0.3 is 13.8 Å². The molecule has 0 saturated carbocycles. The summed E-state index contributed by atoms with van der Waals surface area (Å²) in [6, 6.07) is 5.67. The molecule has 0 amide bonds. The van der Waals surface area contributed by atoms with Gasteiger partial charge < -0.3 is 15.4 Å². The van der Waals surface area contributed by atoms with E-state index in [-0.39, 0.29) is 18.6 Å². The van der Waals surface area contributed by atoms with Crippen molar-refractivity contribution in [1.82, 2.24) is 0 Å². The fraction of sp³-hybridized carbons (Fsp3) is 0.250. The zero-order valence-electron chi connectivity index (χ0n) is 10.6. The highest BCUT2D eigenvalue weighted by atomic mass is 31.2. The van der Waals surface area contributed by atoms with Crippen molar-refractivity contribution in [2.45, 2.75) is 18.4 Å². The van der Waals surface area contributed by atoms with Gasteiger partial charge in [0.2, 0.25) is 0 Å². The van der Waals surface area contributed by atoms with Gasteiger partial charge in [-0.3, -0.25) is 14.6 Å². The number of hydrogen-bond acceptors (Lipinski definition) is 4. The van der Waals surface area contributed by atoms with E-state index in [0.717, 1.165) is 0 Å². The van der Waals surface area contributed by atoms with Crippen molar-refractivity contribution in [2.24, 2.45) is 5.73 Å². The minimum absolute atomic E-state index is 0.0104. The van der Waals surface area contributed by atoms with E-state index in [4.69, 9.17) is 20.6 Å². The van der Waals surface area contributed by atoms with Gasteiger partial charge in [0.05, 0.1) is 0 Å². The molecule has 0 bridgehead atoms. The molecule has 1 rings (SSSR count). The van der Waals surface area contributed by atoms with Crippen LogP contribution in [0.4, 0.5) is 0 Å². The standard InChI is InChI=1S/C12H16NO6P/c1-2-7-12(13,11(14)15)8-9-3-5-10(6-4-9)19-20(16,17)18/h2-6H,1,7-8,13H2,(H,14,15)(H2,16,17,18)/t12-/m0/s1. The van der Waals surface area contributed by atoms with E-state index < -0.39 is 19.3 Å². The van der Waals surface area contributed by atoms with Crippen molar-refractivity contribution in [3.63, 3.8) is 0 Å². The molecule has 0 aliphatic rings. The first-order valence-corrected chi connectivity index (χ1v) is 7.16. The number of rotatable bonds is 7. The average Bonchev–Trinajstić information content (AvgIpc) is 2.30. The van der Waals surface area contributed by atoms with E-state index in [0.29, 0.717) is 5.56 Å². The summed E-state index contributed by atoms with van der Waals surface area (Å²) in [7, 11) is -4.60. The molecule has 0 aliphatic heterocycles. The number of nitrogens with two attached hydrogens (primary N) is 1. The topological polar surface area (TPSA) is 130 Å². The van der Waals surface area contributed by atoms with Gasteiger partial charge in [-0.05, 0) is 24.1 Å². The zero-order chi connectivity index (χ0) is 15.4. The number of phosphoric ester groups is 1. The first-order chi connectivity index (χ1) is 9.16. The Hall–Kier alpha value is -1.66. The molecular weight excluding hydrogens is 285 g/mol. The summed E-state index contributed by atoms with van der Waals surface area (Å²) in [4.78, 5) is 28.5. The Kier molecular flexibility index (Phi) is 5.08. The maximum Gasteiger partial charge on any atom is 0.524 e. The van der Waals surface area contributed by atoms with E-state index in [1.807, 2.05) is 0 Å². The second-order valence-electron chi connectivity index (χ2n) is 4.36. The molecule has 1 atom stereocenters. The van der Waals surface area contributed by atoms with Crippen LogP contribution >= 0.6 is 7.82 Å². The summed E-state index contributed by atoms with van der Waals surface area (Å²) in [6.45, 7) is 3.47. The lowest BCUT2D eigenvalue weighted by Gasteiger charge is -2.23. The summed E-state index contributed by atoms with van der Waals surface area (Å²) in [5.41, 5.74) is 4.94. The van der Waals surface area contributed by atoms with E-state index in [1.165, 1.54) is 30.3 Å². The van der Waals surface area contributed by atoms with Crippen LogP contribution in [0.25, 0.3) is 0 Å². The SMILES string of the molecule is C=CC[C@](N)(Cc1ccc(OP(=O)(O)O)cc1)C(=O)O. The Balaban J connectivity index is 2.86. The molecule has 0 fully saturated rings. The van der Waals surface area contributed by atoms with E-state index >= 15 is 0 Å². The van der Waals surface area contributed by atoms with Crippen LogP contribution in [-0.4, -0.2) is 26.4 Å². The van der Waals surface area contributed by atoms with Crippen molar-refractivity contribution >= 4 is 13.8 Å². The normalized spacial score (nSPS) is 14.3. The molecule has 8 heteroatoms. The van der Waals surface area contributed by atoms with Gasteiger partial charge in [0.15, 0.2) is 0 Å². The lowest BCUT2D eigenvalue weighted by atomic mass is 9.89. The van der Waals surface area contributed by atoms with Gasteiger partial charge in [-0.2, -0.15) is 0 Å². The average molecular weight is 301 g/mol. The quantitative estimate of drug-likeness (QED) is 0.437. The molecule has 110 valence electrons. The summed E-state index contributed by atoms with van der Waals surface area (Å²) in [5.74, 6) is -1.16. The van der Waals surface area contributed by atoms with Crippen LogP contribution in [-0.2, 0) is 15.8 Å². The Bertz CT molecular complexity index is 537. The number of benzene rings is 1. The highest BCUT2D eigenvalue weighted by Gasteiger charge is 2.32. The number of phosphoric acid groups is 1. The third kappa shape index (κ3) is 4.79. The number of carbonyl (C=O) groups is 1. The monoisotopic (exact) mass is 301 g/mol. The second-order valence-corrected chi connectivity index (χ2v) is 5.52. The van der Waals surface area contributed by atoms with Crippen molar-refractivity contribution in [3.05, 3.63) is 42.5 Å². The van der Waals surface area contributed by atoms with Crippen molar-refractivity contribution in [2.75, 3.05) is 0 Å². The smallest absolute Gasteiger partial charge is 0.480 e. The zero-order valence-corrected chi connectivity index (χ0v) is 11.5. The van der Waals surface area contributed by atoms with Gasteiger partial charge in [0, 0.05) is 6.42 Å². The van der Waals surface area contributed by atoms with Gasteiger partial charge in [0.1, 0.15) is 11.3 Å². The number of hydrogen-bond donors (Lipinski definition) is 4. The lowest BCUT2D eigenvalue weighted by Crippen LogP contribution is -2.49. The van der Waals surface area contributed by atoms with Crippen molar-refractivity contribution in [1.29, 1.82) is 0 Å². The summed E-state index contributed by atoms with van der Waals surface area (Å²) in [6.07, 6.45) is 1.59. The minimum atomic E-state index is -4.60. The molecular formula is C12H16NO6P. The lowest BCUT2D eigenvalue weighted by molar-refractivity contribution is -0.143. The Morgan fingerprint density at radius 1 is 1.40 bits per heavy atom. The van der Waals surface area contributed by atoms with Gasteiger partial charge in [-0.15, -0.1) is 6.58 Å². The Labute approximate surface area is 115 Å². The van der Waals surface area contributed by atoms with Crippen LogP contribution in [0.5, 0.6) is 5.75 Å². The number of aliphatic carboxylic acids is 1. The number of carboxylic acids is 1. The molecule has 0 radical (unpaired) electrons. The fourth-order valence-corrected chi connectivity index (χ4v) is 2.06. The van der Waals surface area contributed by atoms with Crippen LogP contribution in [0.1, 0.15) is 12.0 Å². The summed E-state index contributed by atoms with van der Waals surface area (Å²) < 4.78 is 15.0. The maximum absolute atomic E-state index is 11.2. The second kappa shape index (κ2) is 6.19. The first kappa shape index (κ1) is 16.4. The molecule has 0 spiro atoms. The third-order valence-corrected chi connectivity index (χ3v) is 3.05. The highest BCUT2D eigenvalue weighted by Crippen LogP contribution is 2.37. The predicted molar refractivity (Wildman–Crippen MR) is 72.2 cm³/mol. The van der Waals surface area contributed by atoms with E-state index in [1.54, 1.807) is 0 Å². The van der Waals surface area contributed by atoms with Crippen LogP contribution in [0.15, 0.2) is 36.9 Å². The molecule has 5 N–H and O–H groups in total. The minimum Gasteiger partial charge on any atom is -0.480 e. The first-order valence-electron chi connectivity index (χ1n) is 5.63. The molecule has 1 aromatic rings. The third-order valence-electron chi connectivity index (χ3n) is 2.60. The van der Waals surface area contributed by atoms with Crippen molar-refractivity contribution in [3.8, 4) is 5.75 Å². The summed E-state index contributed by atoms with van der Waals surface area (Å²) >= 11 is 0. The van der Waals surface area contributed by atoms with E-state index in [9.17, 15) is 9.36 Å². The van der Waals surface area contributed by atoms with Crippen LogP contribution < -0.4 is 10.3 Å². The predicted octanol–water partition coefficient (Wildman–Crippen LogP) is 1.06. The molecule has 7 nitrogen and oxygen atoms in total. The molecule has 0 aliphatic carbocycles. The van der Waals surface area contributed by atoms with Crippen LogP contribution in [0.3, 0.4) is 0 Å². The van der Waals surface area contributed by atoms with Gasteiger partial charge in [0.25, 0.3) is 0 Å². The molecule has 20 heavy (non-hydrogen) atoms. The van der Waals surface area contributed by atoms with Gasteiger partial charge in [-0.1, -0.05) is 18.2 Å². The highest BCUT2D eigenvalue weighted by molar-refractivity contribution is 7.46. The van der Waals surface area contributed by atoms with Crippen LogP contribution in [0, 0.1) is 0 Å². The van der Waals surface area contributed by atoms with E-state index in [2.05, 4.69) is 11.1 Å². The van der Waals surface area contributed by atoms with Crippen molar-refractivity contribution < 1.29 is 28.8 Å². The molecule has 0 unspecified atom stereocenters. The summed E-state index contributed by atoms with van der Waals surface area (Å²) in [5, 5.41) is 9.13. The molecule has 0 aromatic heterocycles. The fourth-order valence-electron chi connectivity index (χ4n) is 1.66. The largest absolute Gasteiger partial charge is 0.524 e. The number of carboxylic acid groups (broad SMARTS) is 1. The maximum atomic E-state index is 11.2. The Morgan fingerprint density at radius 2 is 1.95 bits per heavy atom. The Morgan fingerprint density at radius 3 is 2.35 bits per heavy atom. The molecule has 0 saturated heterocycles.